The highest BCUT2D eigenvalue weighted by molar-refractivity contribution is 5.80. The van der Waals surface area contributed by atoms with E-state index in [9.17, 15) is 0 Å². The van der Waals surface area contributed by atoms with Crippen molar-refractivity contribution in [2.45, 2.75) is 27.2 Å². The highest BCUT2D eigenvalue weighted by Crippen LogP contribution is 2.16. The van der Waals surface area contributed by atoms with Crippen molar-refractivity contribution in [1.82, 2.24) is 10.2 Å². The molecular formula is C10H20N4. The summed E-state index contributed by atoms with van der Waals surface area (Å²) in [5.74, 6) is 0.622. The van der Waals surface area contributed by atoms with E-state index in [2.05, 4.69) is 31.1 Å². The van der Waals surface area contributed by atoms with Gasteiger partial charge in [0.25, 0.3) is 0 Å². The molecule has 0 amide bonds. The Bertz CT molecular complexity index is 229. The van der Waals surface area contributed by atoms with Gasteiger partial charge in [-0.1, -0.05) is 20.8 Å². The second-order valence-electron chi connectivity index (χ2n) is 4.67. The van der Waals surface area contributed by atoms with Crippen LogP contribution in [0.5, 0.6) is 0 Å². The van der Waals surface area contributed by atoms with Gasteiger partial charge in [0, 0.05) is 20.6 Å². The second kappa shape index (κ2) is 5.48. The van der Waals surface area contributed by atoms with Crippen LogP contribution >= 0.6 is 0 Å². The summed E-state index contributed by atoms with van der Waals surface area (Å²) in [6, 6.07) is 0. The summed E-state index contributed by atoms with van der Waals surface area (Å²) in [6.07, 6.45) is 2.83. The first-order valence-corrected chi connectivity index (χ1v) is 4.75. The summed E-state index contributed by atoms with van der Waals surface area (Å²) < 4.78 is 0. The summed E-state index contributed by atoms with van der Waals surface area (Å²) in [5.41, 5.74) is 0.303. The zero-order valence-electron chi connectivity index (χ0n) is 9.76. The number of guanidine groups is 1. The molecule has 0 spiro atoms. The minimum absolute atomic E-state index is 0.303. The van der Waals surface area contributed by atoms with Crippen molar-refractivity contribution in [3.8, 4) is 6.19 Å². The zero-order chi connectivity index (χ0) is 11.2. The van der Waals surface area contributed by atoms with E-state index in [-0.39, 0.29) is 0 Å². The van der Waals surface area contributed by atoms with E-state index in [0.717, 1.165) is 13.0 Å². The molecule has 0 rings (SSSR count). The fourth-order valence-electron chi connectivity index (χ4n) is 0.894. The topological polar surface area (TPSA) is 51.4 Å². The van der Waals surface area contributed by atoms with Gasteiger partial charge >= 0.3 is 0 Å². The third-order valence-corrected chi connectivity index (χ3v) is 1.74. The minimum atomic E-state index is 0.303. The van der Waals surface area contributed by atoms with E-state index >= 15 is 0 Å². The molecule has 0 saturated carbocycles. The molecule has 0 aliphatic heterocycles. The maximum atomic E-state index is 8.44. The Kier molecular flexibility index (Phi) is 5.00. The van der Waals surface area contributed by atoms with Gasteiger partial charge in [-0.15, -0.1) is 4.99 Å². The number of hydrogen-bond acceptors (Lipinski definition) is 2. The van der Waals surface area contributed by atoms with E-state index in [4.69, 9.17) is 5.26 Å². The Balaban J connectivity index is 3.99. The van der Waals surface area contributed by atoms with Crippen molar-refractivity contribution in [2.24, 2.45) is 10.4 Å². The number of nitriles is 1. The van der Waals surface area contributed by atoms with Gasteiger partial charge in [0.15, 0.2) is 0 Å². The molecule has 4 heteroatoms. The molecule has 0 aliphatic carbocycles. The van der Waals surface area contributed by atoms with Crippen molar-refractivity contribution in [3.63, 3.8) is 0 Å². The van der Waals surface area contributed by atoms with Gasteiger partial charge in [-0.25, -0.2) is 0 Å². The molecule has 0 heterocycles. The highest BCUT2D eigenvalue weighted by Gasteiger charge is 2.10. The van der Waals surface area contributed by atoms with Crippen LogP contribution in [0.2, 0.25) is 0 Å². The van der Waals surface area contributed by atoms with E-state index in [1.807, 2.05) is 14.1 Å². The Morgan fingerprint density at radius 2 is 2.00 bits per heavy atom. The SMILES string of the molecule is CN(C)/C(=N\C#N)NCCC(C)(C)C. The Morgan fingerprint density at radius 1 is 1.43 bits per heavy atom. The Hall–Kier alpha value is -1.24. The third kappa shape index (κ3) is 6.30. The van der Waals surface area contributed by atoms with Gasteiger partial charge in [-0.05, 0) is 11.8 Å². The normalized spacial score (nSPS) is 12.1. The number of aliphatic imine (C=N–C) groups is 1. The van der Waals surface area contributed by atoms with E-state index in [1.165, 1.54) is 0 Å². The maximum absolute atomic E-state index is 8.44. The van der Waals surface area contributed by atoms with Gasteiger partial charge in [-0.2, -0.15) is 5.26 Å². The van der Waals surface area contributed by atoms with Gasteiger partial charge in [0.1, 0.15) is 0 Å². The van der Waals surface area contributed by atoms with Crippen LogP contribution in [0.25, 0.3) is 0 Å². The molecule has 0 radical (unpaired) electrons. The van der Waals surface area contributed by atoms with Gasteiger partial charge in [0.2, 0.25) is 12.2 Å². The molecule has 0 aromatic heterocycles. The molecule has 80 valence electrons. The fraction of sp³-hybridized carbons (Fsp3) is 0.800. The molecule has 0 atom stereocenters. The van der Waals surface area contributed by atoms with Crippen LogP contribution < -0.4 is 5.32 Å². The van der Waals surface area contributed by atoms with Crippen LogP contribution in [0.4, 0.5) is 0 Å². The standard InChI is InChI=1S/C10H20N4/c1-10(2,3)6-7-12-9(13-8-11)14(4)5/h6-7H2,1-5H3,(H,12,13). The summed E-state index contributed by atoms with van der Waals surface area (Å²) in [5, 5.41) is 11.6. The second-order valence-corrected chi connectivity index (χ2v) is 4.67. The number of nitrogens with one attached hydrogen (secondary N) is 1. The summed E-state index contributed by atoms with van der Waals surface area (Å²) in [7, 11) is 3.72. The quantitative estimate of drug-likeness (QED) is 0.413. The smallest absolute Gasteiger partial charge is 0.209 e. The minimum Gasteiger partial charge on any atom is -0.355 e. The molecule has 4 nitrogen and oxygen atoms in total. The van der Waals surface area contributed by atoms with Crippen LogP contribution in [-0.2, 0) is 0 Å². The Morgan fingerprint density at radius 3 is 2.36 bits per heavy atom. The summed E-state index contributed by atoms with van der Waals surface area (Å²) >= 11 is 0. The van der Waals surface area contributed by atoms with E-state index < -0.39 is 0 Å². The van der Waals surface area contributed by atoms with Crippen molar-refractivity contribution in [3.05, 3.63) is 0 Å². The molecule has 0 saturated heterocycles. The molecule has 0 aromatic rings. The average molecular weight is 196 g/mol. The first-order valence-electron chi connectivity index (χ1n) is 4.75. The predicted octanol–water partition coefficient (Wildman–Crippen LogP) is 1.41. The van der Waals surface area contributed by atoms with Crippen LogP contribution in [-0.4, -0.2) is 31.5 Å². The molecule has 0 aromatic carbocycles. The lowest BCUT2D eigenvalue weighted by molar-refractivity contribution is 0.375. The lowest BCUT2D eigenvalue weighted by Gasteiger charge is -2.21. The molecule has 0 aliphatic rings. The average Bonchev–Trinajstić information content (AvgIpc) is 2.00. The number of rotatable bonds is 2. The molecule has 0 bridgehead atoms. The monoisotopic (exact) mass is 196 g/mol. The lowest BCUT2D eigenvalue weighted by Crippen LogP contribution is -2.37. The zero-order valence-corrected chi connectivity index (χ0v) is 9.76. The predicted molar refractivity (Wildman–Crippen MR) is 58.8 cm³/mol. The largest absolute Gasteiger partial charge is 0.355 e. The van der Waals surface area contributed by atoms with Gasteiger partial charge in [0.05, 0.1) is 0 Å². The summed E-state index contributed by atoms with van der Waals surface area (Å²) in [6.45, 7) is 7.39. The molecule has 0 fully saturated rings. The van der Waals surface area contributed by atoms with Crippen molar-refractivity contribution in [1.29, 1.82) is 5.26 Å². The molecule has 1 N–H and O–H groups in total. The molecule has 0 unspecified atom stereocenters. The Labute approximate surface area is 86.6 Å². The van der Waals surface area contributed by atoms with Crippen LogP contribution in [0, 0.1) is 16.9 Å². The first kappa shape index (κ1) is 12.8. The van der Waals surface area contributed by atoms with Crippen molar-refractivity contribution in [2.75, 3.05) is 20.6 Å². The van der Waals surface area contributed by atoms with Crippen LogP contribution in [0.15, 0.2) is 4.99 Å². The molecule has 14 heavy (non-hydrogen) atoms. The fourth-order valence-corrected chi connectivity index (χ4v) is 0.894. The molecular weight excluding hydrogens is 176 g/mol. The number of hydrogen-bond donors (Lipinski definition) is 1. The van der Waals surface area contributed by atoms with E-state index in [0.29, 0.717) is 11.4 Å². The van der Waals surface area contributed by atoms with Gasteiger partial charge in [-0.3, -0.25) is 0 Å². The van der Waals surface area contributed by atoms with Gasteiger partial charge < -0.3 is 10.2 Å². The van der Waals surface area contributed by atoms with E-state index in [1.54, 1.807) is 11.1 Å². The maximum Gasteiger partial charge on any atom is 0.209 e. The highest BCUT2D eigenvalue weighted by atomic mass is 15.3. The summed E-state index contributed by atoms with van der Waals surface area (Å²) in [4.78, 5) is 5.48. The van der Waals surface area contributed by atoms with Crippen molar-refractivity contribution < 1.29 is 0 Å². The van der Waals surface area contributed by atoms with Crippen LogP contribution in [0.1, 0.15) is 27.2 Å². The van der Waals surface area contributed by atoms with Crippen molar-refractivity contribution >= 4 is 5.96 Å². The van der Waals surface area contributed by atoms with Crippen LogP contribution in [0.3, 0.4) is 0 Å². The number of nitrogens with zero attached hydrogens (tertiary/aromatic N) is 3. The lowest BCUT2D eigenvalue weighted by atomic mass is 9.92. The third-order valence-electron chi connectivity index (χ3n) is 1.74. The first-order chi connectivity index (χ1) is 6.37.